The molecule has 150 valence electrons. The summed E-state index contributed by atoms with van der Waals surface area (Å²) in [6.07, 6.45) is 0. The Morgan fingerprint density at radius 2 is 1.53 bits per heavy atom. The number of benzene rings is 3. The van der Waals surface area contributed by atoms with Crippen LogP contribution in [0, 0.1) is 0 Å². The van der Waals surface area contributed by atoms with Crippen molar-refractivity contribution < 1.29 is 13.9 Å². The van der Waals surface area contributed by atoms with E-state index in [4.69, 9.17) is 32.4 Å². The molecule has 3 aromatic carbocycles. The number of aromatic nitrogens is 2. The van der Waals surface area contributed by atoms with Crippen molar-refractivity contribution in [2.24, 2.45) is 0 Å². The zero-order valence-corrected chi connectivity index (χ0v) is 17.2. The molecule has 6 nitrogen and oxygen atoms in total. The summed E-state index contributed by atoms with van der Waals surface area (Å²) < 4.78 is 11.2. The quantitative estimate of drug-likeness (QED) is 0.414. The standard InChI is InChI=1S/C22H15Cl2N3O3/c1-29-17-10-11-19(25-20(28)13-2-6-15(23)7-3-13)18(12-17)22-27-26-21(30-22)14-4-8-16(24)9-5-14/h2-12H,1H3,(H,25,28). The summed E-state index contributed by atoms with van der Waals surface area (Å²) in [6.45, 7) is 0. The fourth-order valence-corrected chi connectivity index (χ4v) is 3.03. The molecule has 0 atom stereocenters. The minimum Gasteiger partial charge on any atom is -0.497 e. The molecule has 30 heavy (non-hydrogen) atoms. The topological polar surface area (TPSA) is 77.2 Å². The van der Waals surface area contributed by atoms with E-state index in [9.17, 15) is 4.79 Å². The van der Waals surface area contributed by atoms with Crippen LogP contribution in [0.4, 0.5) is 5.69 Å². The lowest BCUT2D eigenvalue weighted by molar-refractivity contribution is 0.102. The fourth-order valence-electron chi connectivity index (χ4n) is 2.77. The molecule has 0 unspecified atom stereocenters. The van der Waals surface area contributed by atoms with Crippen LogP contribution in [0.2, 0.25) is 10.0 Å². The van der Waals surface area contributed by atoms with Gasteiger partial charge in [-0.15, -0.1) is 10.2 Å². The molecule has 0 saturated heterocycles. The predicted octanol–water partition coefficient (Wildman–Crippen LogP) is 5.97. The van der Waals surface area contributed by atoms with Gasteiger partial charge in [0, 0.05) is 21.2 Å². The smallest absolute Gasteiger partial charge is 0.255 e. The summed E-state index contributed by atoms with van der Waals surface area (Å²) in [5.41, 5.74) is 2.23. The summed E-state index contributed by atoms with van der Waals surface area (Å²) in [4.78, 5) is 12.7. The number of carbonyl (C=O) groups excluding carboxylic acids is 1. The van der Waals surface area contributed by atoms with Crippen LogP contribution in [-0.2, 0) is 0 Å². The zero-order chi connectivity index (χ0) is 21.1. The lowest BCUT2D eigenvalue weighted by Crippen LogP contribution is -2.12. The number of rotatable bonds is 5. The van der Waals surface area contributed by atoms with Gasteiger partial charge in [0.2, 0.25) is 11.8 Å². The second-order valence-corrected chi connectivity index (χ2v) is 7.16. The van der Waals surface area contributed by atoms with Gasteiger partial charge in [0.25, 0.3) is 5.91 Å². The minimum atomic E-state index is -0.296. The molecule has 0 fully saturated rings. The van der Waals surface area contributed by atoms with E-state index in [-0.39, 0.29) is 11.8 Å². The van der Waals surface area contributed by atoms with Crippen molar-refractivity contribution in [3.05, 3.63) is 82.3 Å². The van der Waals surface area contributed by atoms with E-state index in [1.54, 1.807) is 73.8 Å². The highest BCUT2D eigenvalue weighted by molar-refractivity contribution is 6.31. The summed E-state index contributed by atoms with van der Waals surface area (Å²) in [7, 11) is 1.55. The third kappa shape index (κ3) is 4.30. The van der Waals surface area contributed by atoms with E-state index in [0.717, 1.165) is 5.56 Å². The zero-order valence-electron chi connectivity index (χ0n) is 15.7. The Morgan fingerprint density at radius 3 is 2.20 bits per heavy atom. The molecular formula is C22H15Cl2N3O3. The first kappa shape index (κ1) is 19.9. The van der Waals surface area contributed by atoms with Gasteiger partial charge in [-0.3, -0.25) is 4.79 Å². The minimum absolute atomic E-state index is 0.241. The molecule has 0 spiro atoms. The highest BCUT2D eigenvalue weighted by atomic mass is 35.5. The van der Waals surface area contributed by atoms with E-state index >= 15 is 0 Å². The molecule has 0 aliphatic carbocycles. The van der Waals surface area contributed by atoms with Crippen molar-refractivity contribution in [3.63, 3.8) is 0 Å². The second-order valence-electron chi connectivity index (χ2n) is 6.29. The number of anilines is 1. The highest BCUT2D eigenvalue weighted by Crippen LogP contribution is 2.33. The number of methoxy groups -OCH3 is 1. The number of nitrogens with one attached hydrogen (secondary N) is 1. The van der Waals surface area contributed by atoms with Crippen LogP contribution in [-0.4, -0.2) is 23.2 Å². The Morgan fingerprint density at radius 1 is 0.900 bits per heavy atom. The SMILES string of the molecule is COc1ccc(NC(=O)c2ccc(Cl)cc2)c(-c2nnc(-c3ccc(Cl)cc3)o2)c1. The Labute approximate surface area is 182 Å². The Kier molecular flexibility index (Phi) is 5.70. The van der Waals surface area contributed by atoms with E-state index < -0.39 is 0 Å². The summed E-state index contributed by atoms with van der Waals surface area (Å²) in [5, 5.41) is 12.3. The van der Waals surface area contributed by atoms with Crippen molar-refractivity contribution in [2.75, 3.05) is 12.4 Å². The van der Waals surface area contributed by atoms with Crippen LogP contribution in [0.3, 0.4) is 0 Å². The fraction of sp³-hybridized carbons (Fsp3) is 0.0455. The van der Waals surface area contributed by atoms with Gasteiger partial charge in [-0.05, 0) is 66.7 Å². The monoisotopic (exact) mass is 439 g/mol. The average molecular weight is 440 g/mol. The van der Waals surface area contributed by atoms with Gasteiger partial charge in [0.1, 0.15) is 5.75 Å². The van der Waals surface area contributed by atoms with Gasteiger partial charge in [0.05, 0.1) is 18.4 Å². The van der Waals surface area contributed by atoms with Gasteiger partial charge in [0.15, 0.2) is 0 Å². The predicted molar refractivity (Wildman–Crippen MR) is 116 cm³/mol. The van der Waals surface area contributed by atoms with Crippen molar-refractivity contribution in [1.29, 1.82) is 0 Å². The molecule has 8 heteroatoms. The first-order valence-corrected chi connectivity index (χ1v) is 9.64. The maximum absolute atomic E-state index is 12.7. The van der Waals surface area contributed by atoms with Crippen LogP contribution in [0.15, 0.2) is 71.1 Å². The van der Waals surface area contributed by atoms with E-state index in [1.807, 2.05) is 0 Å². The Balaban J connectivity index is 1.68. The van der Waals surface area contributed by atoms with Crippen LogP contribution < -0.4 is 10.1 Å². The number of carbonyl (C=O) groups is 1. The maximum Gasteiger partial charge on any atom is 0.255 e. The lowest BCUT2D eigenvalue weighted by Gasteiger charge is -2.10. The molecule has 0 bridgehead atoms. The Hall–Kier alpha value is -3.35. The first-order valence-electron chi connectivity index (χ1n) is 8.88. The molecular weight excluding hydrogens is 425 g/mol. The largest absolute Gasteiger partial charge is 0.497 e. The van der Waals surface area contributed by atoms with Crippen molar-refractivity contribution >= 4 is 34.8 Å². The van der Waals surface area contributed by atoms with Crippen LogP contribution >= 0.6 is 23.2 Å². The van der Waals surface area contributed by atoms with Gasteiger partial charge >= 0.3 is 0 Å². The van der Waals surface area contributed by atoms with Crippen molar-refractivity contribution in [2.45, 2.75) is 0 Å². The number of ether oxygens (including phenoxy) is 1. The molecule has 1 aromatic heterocycles. The highest BCUT2D eigenvalue weighted by Gasteiger charge is 2.17. The molecule has 1 heterocycles. The van der Waals surface area contributed by atoms with E-state index in [0.29, 0.717) is 38.5 Å². The number of hydrogen-bond donors (Lipinski definition) is 1. The van der Waals surface area contributed by atoms with Crippen molar-refractivity contribution in [3.8, 4) is 28.7 Å². The molecule has 0 aliphatic heterocycles. The van der Waals surface area contributed by atoms with E-state index in [1.165, 1.54) is 0 Å². The third-order valence-electron chi connectivity index (χ3n) is 4.33. The Bertz CT molecular complexity index is 1190. The van der Waals surface area contributed by atoms with Gasteiger partial charge in [-0.25, -0.2) is 0 Å². The number of hydrogen-bond acceptors (Lipinski definition) is 5. The molecule has 1 N–H and O–H groups in total. The molecule has 0 aliphatic rings. The molecule has 4 aromatic rings. The summed E-state index contributed by atoms with van der Waals surface area (Å²) in [6, 6.07) is 18.8. The molecule has 0 radical (unpaired) electrons. The van der Waals surface area contributed by atoms with Crippen LogP contribution in [0.1, 0.15) is 10.4 Å². The molecule has 0 saturated carbocycles. The number of halogens is 2. The summed E-state index contributed by atoms with van der Waals surface area (Å²) in [5.74, 6) is 0.862. The lowest BCUT2D eigenvalue weighted by atomic mass is 10.1. The average Bonchev–Trinajstić information content (AvgIpc) is 3.25. The number of nitrogens with zero attached hydrogens (tertiary/aromatic N) is 2. The first-order chi connectivity index (χ1) is 14.5. The van der Waals surface area contributed by atoms with Crippen molar-refractivity contribution in [1.82, 2.24) is 10.2 Å². The van der Waals surface area contributed by atoms with Gasteiger partial charge < -0.3 is 14.5 Å². The summed E-state index contributed by atoms with van der Waals surface area (Å²) >= 11 is 11.8. The van der Waals surface area contributed by atoms with Crippen LogP contribution in [0.25, 0.3) is 22.9 Å². The van der Waals surface area contributed by atoms with E-state index in [2.05, 4.69) is 15.5 Å². The normalized spacial score (nSPS) is 10.6. The van der Waals surface area contributed by atoms with Gasteiger partial charge in [-0.1, -0.05) is 23.2 Å². The molecule has 1 amide bonds. The second kappa shape index (κ2) is 8.57. The maximum atomic E-state index is 12.7. The third-order valence-corrected chi connectivity index (χ3v) is 4.83. The molecule has 4 rings (SSSR count). The van der Waals surface area contributed by atoms with Crippen LogP contribution in [0.5, 0.6) is 5.75 Å². The van der Waals surface area contributed by atoms with Gasteiger partial charge in [-0.2, -0.15) is 0 Å². The number of amides is 1.